The van der Waals surface area contributed by atoms with Crippen molar-refractivity contribution in [2.75, 3.05) is 18.0 Å². The molecule has 2 aromatic rings. The Hall–Kier alpha value is -2.56. The second-order valence-corrected chi connectivity index (χ2v) is 6.11. The fourth-order valence-corrected chi connectivity index (χ4v) is 3.13. The Bertz CT molecular complexity index is 736. The van der Waals surface area contributed by atoms with E-state index in [1.54, 1.807) is 24.3 Å². The number of primary amides is 1. The number of carbonyl (C=O) groups excluding carboxylic acids is 2. The summed E-state index contributed by atoms with van der Waals surface area (Å²) in [5.41, 5.74) is 7.63. The number of furan rings is 1. The molecule has 0 radical (unpaired) electrons. The second-order valence-electron chi connectivity index (χ2n) is 6.11. The van der Waals surface area contributed by atoms with Gasteiger partial charge in [0, 0.05) is 29.9 Å². The number of carbonyl (C=O) groups is 2. The molecule has 0 saturated carbocycles. The smallest absolute Gasteiger partial charge is 0.248 e. The summed E-state index contributed by atoms with van der Waals surface area (Å²) in [7, 11) is 0. The molecule has 1 aromatic heterocycles. The Morgan fingerprint density at radius 2 is 2.17 bits per heavy atom. The van der Waals surface area contributed by atoms with Gasteiger partial charge in [0.25, 0.3) is 0 Å². The van der Waals surface area contributed by atoms with Crippen molar-refractivity contribution in [3.8, 4) is 11.3 Å². The van der Waals surface area contributed by atoms with Crippen molar-refractivity contribution in [1.29, 1.82) is 0 Å². The number of nitrogens with two attached hydrogens (primary N) is 1. The Balaban J connectivity index is 2.07. The lowest BCUT2D eigenvalue weighted by Crippen LogP contribution is -2.34. The van der Waals surface area contributed by atoms with Crippen molar-refractivity contribution in [3.05, 3.63) is 41.7 Å². The highest BCUT2D eigenvalue weighted by atomic mass is 16.3. The standard InChI is InChI=1S/C18H20N2O3/c1-12-3-2-8-20(10-12)16-6-4-13(18(19)22)9-15(16)17-7-5-14(11-21)23-17/h4-7,9,11-12H,2-3,8,10H2,1H3,(H2,19,22). The van der Waals surface area contributed by atoms with Gasteiger partial charge in [0.1, 0.15) is 5.76 Å². The molecule has 1 atom stereocenters. The number of amides is 1. The van der Waals surface area contributed by atoms with Crippen LogP contribution < -0.4 is 10.6 Å². The van der Waals surface area contributed by atoms with Gasteiger partial charge in [0.2, 0.25) is 5.91 Å². The van der Waals surface area contributed by atoms with Gasteiger partial charge < -0.3 is 15.1 Å². The number of hydrogen-bond donors (Lipinski definition) is 1. The summed E-state index contributed by atoms with van der Waals surface area (Å²) >= 11 is 0. The zero-order valence-corrected chi connectivity index (χ0v) is 13.1. The molecule has 1 aliphatic rings. The van der Waals surface area contributed by atoms with Crippen LogP contribution >= 0.6 is 0 Å². The van der Waals surface area contributed by atoms with Crippen LogP contribution in [0, 0.1) is 5.92 Å². The zero-order valence-electron chi connectivity index (χ0n) is 13.1. The Kier molecular flexibility index (Phi) is 4.19. The topological polar surface area (TPSA) is 76.5 Å². The third kappa shape index (κ3) is 3.13. The molecular formula is C18H20N2O3. The first-order chi connectivity index (χ1) is 11.1. The Labute approximate surface area is 135 Å². The molecule has 120 valence electrons. The van der Waals surface area contributed by atoms with Crippen molar-refractivity contribution in [3.63, 3.8) is 0 Å². The molecular weight excluding hydrogens is 292 g/mol. The van der Waals surface area contributed by atoms with E-state index in [4.69, 9.17) is 10.2 Å². The summed E-state index contributed by atoms with van der Waals surface area (Å²) in [6, 6.07) is 8.77. The average molecular weight is 312 g/mol. The molecule has 1 saturated heterocycles. The van der Waals surface area contributed by atoms with E-state index in [9.17, 15) is 9.59 Å². The summed E-state index contributed by atoms with van der Waals surface area (Å²) in [6.45, 7) is 4.17. The van der Waals surface area contributed by atoms with Gasteiger partial charge in [-0.1, -0.05) is 6.92 Å². The van der Waals surface area contributed by atoms with Gasteiger partial charge in [-0.25, -0.2) is 0 Å². The van der Waals surface area contributed by atoms with E-state index in [1.807, 2.05) is 6.07 Å². The number of piperidine rings is 1. The van der Waals surface area contributed by atoms with Crippen LogP contribution in [0.2, 0.25) is 0 Å². The summed E-state index contributed by atoms with van der Waals surface area (Å²) in [5.74, 6) is 0.979. The van der Waals surface area contributed by atoms with Crippen molar-refractivity contribution in [2.24, 2.45) is 11.7 Å². The van der Waals surface area contributed by atoms with E-state index < -0.39 is 5.91 Å². The van der Waals surface area contributed by atoms with Crippen LogP contribution in [-0.2, 0) is 0 Å². The van der Waals surface area contributed by atoms with Crippen LogP contribution in [0.3, 0.4) is 0 Å². The number of anilines is 1. The van der Waals surface area contributed by atoms with Crippen LogP contribution in [0.15, 0.2) is 34.7 Å². The highest BCUT2D eigenvalue weighted by Crippen LogP contribution is 2.35. The third-order valence-corrected chi connectivity index (χ3v) is 4.29. The van der Waals surface area contributed by atoms with Gasteiger partial charge in [-0.2, -0.15) is 0 Å². The predicted octanol–water partition coefficient (Wildman–Crippen LogP) is 3.09. The SMILES string of the molecule is CC1CCCN(c2ccc(C(N)=O)cc2-c2ccc(C=O)o2)C1. The lowest BCUT2D eigenvalue weighted by atomic mass is 9.97. The quantitative estimate of drug-likeness (QED) is 0.880. The largest absolute Gasteiger partial charge is 0.453 e. The molecule has 2 heterocycles. The Morgan fingerprint density at radius 3 is 2.83 bits per heavy atom. The van der Waals surface area contributed by atoms with Crippen molar-refractivity contribution in [1.82, 2.24) is 0 Å². The minimum atomic E-state index is -0.480. The first-order valence-corrected chi connectivity index (χ1v) is 7.82. The molecule has 5 nitrogen and oxygen atoms in total. The monoisotopic (exact) mass is 312 g/mol. The Morgan fingerprint density at radius 1 is 1.35 bits per heavy atom. The molecule has 1 fully saturated rings. The predicted molar refractivity (Wildman–Crippen MR) is 88.7 cm³/mol. The fourth-order valence-electron chi connectivity index (χ4n) is 3.13. The maximum absolute atomic E-state index is 11.5. The van der Waals surface area contributed by atoms with Crippen LogP contribution in [0.25, 0.3) is 11.3 Å². The van der Waals surface area contributed by atoms with Gasteiger partial charge in [-0.15, -0.1) is 0 Å². The van der Waals surface area contributed by atoms with Crippen LogP contribution in [0.1, 0.15) is 40.7 Å². The fraction of sp³-hybridized carbons (Fsp3) is 0.333. The van der Waals surface area contributed by atoms with Crippen molar-refractivity contribution in [2.45, 2.75) is 19.8 Å². The summed E-state index contributed by atoms with van der Waals surface area (Å²) < 4.78 is 5.57. The van der Waals surface area contributed by atoms with E-state index in [-0.39, 0.29) is 5.76 Å². The van der Waals surface area contributed by atoms with Crippen molar-refractivity contribution < 1.29 is 14.0 Å². The first kappa shape index (κ1) is 15.3. The van der Waals surface area contributed by atoms with E-state index in [1.165, 1.54) is 6.42 Å². The van der Waals surface area contributed by atoms with Gasteiger partial charge in [0.05, 0.1) is 0 Å². The molecule has 23 heavy (non-hydrogen) atoms. The van der Waals surface area contributed by atoms with E-state index in [0.29, 0.717) is 23.5 Å². The third-order valence-electron chi connectivity index (χ3n) is 4.29. The number of aldehydes is 1. The maximum Gasteiger partial charge on any atom is 0.248 e. The van der Waals surface area contributed by atoms with Gasteiger partial charge in [-0.3, -0.25) is 9.59 Å². The molecule has 1 aliphatic heterocycles. The highest BCUT2D eigenvalue weighted by molar-refractivity contribution is 5.95. The minimum absolute atomic E-state index is 0.266. The molecule has 1 aromatic carbocycles. The lowest BCUT2D eigenvalue weighted by Gasteiger charge is -2.34. The van der Waals surface area contributed by atoms with Gasteiger partial charge in [-0.05, 0) is 49.1 Å². The van der Waals surface area contributed by atoms with Crippen LogP contribution in [0.4, 0.5) is 5.69 Å². The van der Waals surface area contributed by atoms with Gasteiger partial charge in [0.15, 0.2) is 12.0 Å². The van der Waals surface area contributed by atoms with Crippen LogP contribution in [-0.4, -0.2) is 25.3 Å². The highest BCUT2D eigenvalue weighted by Gasteiger charge is 2.21. The molecule has 3 rings (SSSR count). The molecule has 0 spiro atoms. The number of rotatable bonds is 4. The number of benzene rings is 1. The lowest BCUT2D eigenvalue weighted by molar-refractivity contribution is 0.0999. The second kappa shape index (κ2) is 6.28. The normalized spacial score (nSPS) is 18.0. The number of nitrogens with zero attached hydrogens (tertiary/aromatic N) is 1. The number of hydrogen-bond acceptors (Lipinski definition) is 4. The molecule has 0 aliphatic carbocycles. The maximum atomic E-state index is 11.5. The molecule has 5 heteroatoms. The van der Waals surface area contributed by atoms with E-state index in [2.05, 4.69) is 11.8 Å². The van der Waals surface area contributed by atoms with E-state index in [0.717, 1.165) is 30.8 Å². The summed E-state index contributed by atoms with van der Waals surface area (Å²) in [5, 5.41) is 0. The van der Waals surface area contributed by atoms with Crippen molar-refractivity contribution >= 4 is 17.9 Å². The van der Waals surface area contributed by atoms with Crippen LogP contribution in [0.5, 0.6) is 0 Å². The zero-order chi connectivity index (χ0) is 16.4. The molecule has 1 amide bonds. The first-order valence-electron chi connectivity index (χ1n) is 7.82. The molecule has 1 unspecified atom stereocenters. The summed E-state index contributed by atoms with van der Waals surface area (Å²) in [6.07, 6.45) is 3.03. The van der Waals surface area contributed by atoms with Gasteiger partial charge >= 0.3 is 0 Å². The minimum Gasteiger partial charge on any atom is -0.453 e. The molecule has 2 N–H and O–H groups in total. The summed E-state index contributed by atoms with van der Waals surface area (Å²) in [4.78, 5) is 24.7. The van der Waals surface area contributed by atoms with E-state index >= 15 is 0 Å². The average Bonchev–Trinajstić information content (AvgIpc) is 3.03. The molecule has 0 bridgehead atoms.